The summed E-state index contributed by atoms with van der Waals surface area (Å²) < 4.78 is 7.34. The fourth-order valence-corrected chi connectivity index (χ4v) is 3.55. The lowest BCUT2D eigenvalue weighted by Crippen LogP contribution is -2.42. The molecule has 1 aliphatic heterocycles. The van der Waals surface area contributed by atoms with E-state index < -0.39 is 0 Å². The minimum atomic E-state index is 0.0536. The quantitative estimate of drug-likeness (QED) is 0.859. The third-order valence-electron chi connectivity index (χ3n) is 4.96. The van der Waals surface area contributed by atoms with Crippen molar-refractivity contribution in [2.24, 2.45) is 0 Å². The van der Waals surface area contributed by atoms with Crippen molar-refractivity contribution in [2.45, 2.75) is 31.3 Å². The Morgan fingerprint density at radius 2 is 2.00 bits per heavy atom. The van der Waals surface area contributed by atoms with Crippen LogP contribution in [-0.2, 0) is 11.3 Å². The molecule has 2 aliphatic rings. The number of aromatic nitrogens is 2. The molecule has 0 radical (unpaired) electrons. The summed E-state index contributed by atoms with van der Waals surface area (Å²) in [5.74, 6) is 0.117. The van der Waals surface area contributed by atoms with Crippen molar-refractivity contribution in [3.05, 3.63) is 52.8 Å². The molecule has 4 rings (SSSR count). The van der Waals surface area contributed by atoms with Crippen LogP contribution >= 0.6 is 11.6 Å². The minimum Gasteiger partial charge on any atom is -0.380 e. The van der Waals surface area contributed by atoms with E-state index in [1.807, 2.05) is 29.2 Å². The van der Waals surface area contributed by atoms with Crippen LogP contribution < -0.4 is 0 Å². The van der Waals surface area contributed by atoms with Gasteiger partial charge in [-0.05, 0) is 37.0 Å². The predicted octanol–water partition coefficient (Wildman–Crippen LogP) is 2.98. The van der Waals surface area contributed by atoms with Crippen molar-refractivity contribution in [1.82, 2.24) is 14.7 Å². The van der Waals surface area contributed by atoms with Crippen molar-refractivity contribution >= 4 is 17.5 Å². The molecule has 126 valence electrons. The molecule has 2 heterocycles. The molecule has 24 heavy (non-hydrogen) atoms. The summed E-state index contributed by atoms with van der Waals surface area (Å²) in [6.07, 6.45) is 6.56. The van der Waals surface area contributed by atoms with Gasteiger partial charge < -0.3 is 9.64 Å². The fourth-order valence-electron chi connectivity index (χ4n) is 3.39. The van der Waals surface area contributed by atoms with Crippen LogP contribution in [0.1, 0.15) is 35.2 Å². The van der Waals surface area contributed by atoms with Gasteiger partial charge in [-0.2, -0.15) is 5.10 Å². The topological polar surface area (TPSA) is 47.4 Å². The van der Waals surface area contributed by atoms with E-state index in [4.69, 9.17) is 16.3 Å². The molecule has 5 nitrogen and oxygen atoms in total. The Morgan fingerprint density at radius 1 is 1.21 bits per heavy atom. The van der Waals surface area contributed by atoms with E-state index in [1.165, 1.54) is 0 Å². The number of nitrogens with zero attached hydrogens (tertiary/aromatic N) is 3. The zero-order valence-electron chi connectivity index (χ0n) is 13.4. The standard InChI is InChI=1S/C18H20ClN3O2/c19-16-11-20-21(13-16)12-14-1-3-15(4-2-14)17(23)22-8-10-24-9-7-18(22)5-6-18/h1-4,11,13H,5-10,12H2. The summed E-state index contributed by atoms with van der Waals surface area (Å²) >= 11 is 5.88. The molecule has 0 atom stereocenters. The highest BCUT2D eigenvalue weighted by molar-refractivity contribution is 6.30. The van der Waals surface area contributed by atoms with Crippen LogP contribution in [0, 0.1) is 0 Å². The van der Waals surface area contributed by atoms with Gasteiger partial charge in [0.25, 0.3) is 5.91 Å². The highest BCUT2D eigenvalue weighted by Gasteiger charge is 2.50. The lowest BCUT2D eigenvalue weighted by Gasteiger charge is -2.29. The molecule has 2 aromatic rings. The second-order valence-corrected chi connectivity index (χ2v) is 7.03. The number of carbonyl (C=O) groups is 1. The van der Waals surface area contributed by atoms with E-state index >= 15 is 0 Å². The second-order valence-electron chi connectivity index (χ2n) is 6.60. The number of rotatable bonds is 3. The van der Waals surface area contributed by atoms with E-state index in [0.717, 1.165) is 37.0 Å². The number of carbonyl (C=O) groups excluding carboxylic acids is 1. The number of halogens is 1. The maximum absolute atomic E-state index is 12.9. The number of hydrogen-bond acceptors (Lipinski definition) is 3. The molecule has 0 N–H and O–H groups in total. The second kappa shape index (κ2) is 6.22. The van der Waals surface area contributed by atoms with E-state index in [0.29, 0.717) is 24.7 Å². The first-order valence-corrected chi connectivity index (χ1v) is 8.71. The summed E-state index contributed by atoms with van der Waals surface area (Å²) in [5.41, 5.74) is 1.88. The van der Waals surface area contributed by atoms with Gasteiger partial charge in [0.15, 0.2) is 0 Å². The third-order valence-corrected chi connectivity index (χ3v) is 5.16. The van der Waals surface area contributed by atoms with E-state index in [-0.39, 0.29) is 11.4 Å². The van der Waals surface area contributed by atoms with Crippen LogP contribution in [0.2, 0.25) is 5.02 Å². The molecule has 6 heteroatoms. The van der Waals surface area contributed by atoms with Crippen LogP contribution in [0.3, 0.4) is 0 Å². The predicted molar refractivity (Wildman–Crippen MR) is 91.2 cm³/mol. The van der Waals surface area contributed by atoms with Crippen LogP contribution in [-0.4, -0.2) is 45.9 Å². The minimum absolute atomic E-state index is 0.0536. The van der Waals surface area contributed by atoms with Crippen molar-refractivity contribution < 1.29 is 9.53 Å². The van der Waals surface area contributed by atoms with Gasteiger partial charge in [0.1, 0.15) is 0 Å². The summed E-state index contributed by atoms with van der Waals surface area (Å²) in [6, 6.07) is 7.78. The molecule has 1 aromatic carbocycles. The average Bonchev–Trinajstić information content (AvgIpc) is 3.31. The molecular formula is C18H20ClN3O2. The Hall–Kier alpha value is -1.85. The molecule has 0 unspecified atom stereocenters. The maximum Gasteiger partial charge on any atom is 0.254 e. The van der Waals surface area contributed by atoms with Gasteiger partial charge in [0.2, 0.25) is 0 Å². The number of benzene rings is 1. The summed E-state index contributed by atoms with van der Waals surface area (Å²) in [5, 5.41) is 4.80. The SMILES string of the molecule is O=C(c1ccc(Cn2cc(Cl)cn2)cc1)N1CCOCCC12CC2. The maximum atomic E-state index is 12.9. The van der Waals surface area contributed by atoms with Gasteiger partial charge in [-0.25, -0.2) is 0 Å². The molecule has 1 spiro atoms. The third kappa shape index (κ3) is 3.06. The average molecular weight is 346 g/mol. The lowest BCUT2D eigenvalue weighted by atomic mass is 10.1. The van der Waals surface area contributed by atoms with Gasteiger partial charge in [0, 0.05) is 30.5 Å². The van der Waals surface area contributed by atoms with Gasteiger partial charge >= 0.3 is 0 Å². The normalized spacial score (nSPS) is 19.3. The molecule has 1 amide bonds. The Labute approximate surface area is 146 Å². The Balaban J connectivity index is 1.48. The van der Waals surface area contributed by atoms with Gasteiger partial charge in [-0.1, -0.05) is 23.7 Å². The Kier molecular flexibility index (Phi) is 4.06. The molecule has 1 saturated heterocycles. The molecule has 1 saturated carbocycles. The Morgan fingerprint density at radius 3 is 2.67 bits per heavy atom. The monoisotopic (exact) mass is 345 g/mol. The van der Waals surface area contributed by atoms with E-state index in [2.05, 4.69) is 5.10 Å². The first-order chi connectivity index (χ1) is 11.7. The molecular weight excluding hydrogens is 326 g/mol. The zero-order valence-corrected chi connectivity index (χ0v) is 14.2. The van der Waals surface area contributed by atoms with Crippen LogP contribution in [0.5, 0.6) is 0 Å². The highest BCUT2D eigenvalue weighted by atomic mass is 35.5. The largest absolute Gasteiger partial charge is 0.380 e. The number of amides is 1. The molecule has 1 aromatic heterocycles. The summed E-state index contributed by atoms with van der Waals surface area (Å²) in [6.45, 7) is 2.72. The fraction of sp³-hybridized carbons (Fsp3) is 0.444. The van der Waals surface area contributed by atoms with Crippen LogP contribution in [0.25, 0.3) is 0 Å². The van der Waals surface area contributed by atoms with Gasteiger partial charge in [-0.3, -0.25) is 9.48 Å². The van der Waals surface area contributed by atoms with Crippen molar-refractivity contribution in [2.75, 3.05) is 19.8 Å². The van der Waals surface area contributed by atoms with Gasteiger partial charge in [0.05, 0.1) is 24.4 Å². The van der Waals surface area contributed by atoms with Crippen molar-refractivity contribution in [3.8, 4) is 0 Å². The first-order valence-electron chi connectivity index (χ1n) is 8.33. The van der Waals surface area contributed by atoms with Gasteiger partial charge in [-0.15, -0.1) is 0 Å². The van der Waals surface area contributed by atoms with E-state index in [1.54, 1.807) is 17.1 Å². The molecule has 1 aliphatic carbocycles. The van der Waals surface area contributed by atoms with Crippen LogP contribution in [0.4, 0.5) is 0 Å². The van der Waals surface area contributed by atoms with Crippen molar-refractivity contribution in [1.29, 1.82) is 0 Å². The number of hydrogen-bond donors (Lipinski definition) is 0. The smallest absolute Gasteiger partial charge is 0.254 e. The molecule has 0 bridgehead atoms. The lowest BCUT2D eigenvalue weighted by molar-refractivity contribution is 0.0649. The highest BCUT2D eigenvalue weighted by Crippen LogP contribution is 2.46. The number of ether oxygens (including phenoxy) is 1. The van der Waals surface area contributed by atoms with Crippen LogP contribution in [0.15, 0.2) is 36.7 Å². The summed E-state index contributed by atoms with van der Waals surface area (Å²) in [7, 11) is 0. The Bertz CT molecular complexity index is 737. The van der Waals surface area contributed by atoms with Crippen molar-refractivity contribution in [3.63, 3.8) is 0 Å². The van der Waals surface area contributed by atoms with E-state index in [9.17, 15) is 4.79 Å². The molecule has 2 fully saturated rings. The summed E-state index contributed by atoms with van der Waals surface area (Å²) in [4.78, 5) is 14.9. The zero-order chi connectivity index (χ0) is 16.6. The first kappa shape index (κ1) is 15.7.